The highest BCUT2D eigenvalue weighted by atomic mass is 32.1. The van der Waals surface area contributed by atoms with Crippen LogP contribution in [0.15, 0.2) is 0 Å². The lowest BCUT2D eigenvalue weighted by molar-refractivity contribution is -0.144. The van der Waals surface area contributed by atoms with Gasteiger partial charge in [-0.05, 0) is 13.0 Å². The summed E-state index contributed by atoms with van der Waals surface area (Å²) >= 11 is 4.54. The minimum Gasteiger partial charge on any atom is -0.392 e. The molecule has 0 amide bonds. The number of halogens is 3. The van der Waals surface area contributed by atoms with Crippen molar-refractivity contribution in [3.05, 3.63) is 0 Å². The molecule has 0 heterocycles. The molecule has 0 atom stereocenters. The average molecular weight is 214 g/mol. The van der Waals surface area contributed by atoms with E-state index in [1.807, 2.05) is 6.92 Å². The quantitative estimate of drug-likeness (QED) is 0.704. The van der Waals surface area contributed by atoms with Gasteiger partial charge < -0.3 is 5.73 Å². The van der Waals surface area contributed by atoms with E-state index in [9.17, 15) is 13.2 Å². The van der Waals surface area contributed by atoms with Crippen LogP contribution in [-0.4, -0.2) is 35.7 Å². The summed E-state index contributed by atoms with van der Waals surface area (Å²) in [7, 11) is 0. The maximum absolute atomic E-state index is 12.0. The molecule has 0 aliphatic heterocycles. The molecule has 0 bridgehead atoms. The van der Waals surface area contributed by atoms with Gasteiger partial charge in [0.15, 0.2) is 0 Å². The van der Waals surface area contributed by atoms with Gasteiger partial charge in [0.25, 0.3) is 0 Å². The number of hydrogen-bond acceptors (Lipinski definition) is 2. The first-order valence-corrected chi connectivity index (χ1v) is 4.33. The molecule has 0 aromatic carbocycles. The fourth-order valence-corrected chi connectivity index (χ4v) is 1.19. The SMILES string of the molecule is CCCN(CC(N)=S)CC(F)(F)F. The number of rotatable bonds is 5. The van der Waals surface area contributed by atoms with Crippen LogP contribution in [0.1, 0.15) is 13.3 Å². The summed E-state index contributed by atoms with van der Waals surface area (Å²) in [4.78, 5) is 1.29. The predicted molar refractivity (Wildman–Crippen MR) is 49.6 cm³/mol. The molecule has 78 valence electrons. The Labute approximate surface area is 80.9 Å². The van der Waals surface area contributed by atoms with Gasteiger partial charge in [-0.15, -0.1) is 0 Å². The van der Waals surface area contributed by atoms with Crippen LogP contribution in [0.5, 0.6) is 0 Å². The third-order valence-electron chi connectivity index (χ3n) is 1.32. The van der Waals surface area contributed by atoms with Crippen molar-refractivity contribution in [1.29, 1.82) is 0 Å². The number of hydrogen-bond donors (Lipinski definition) is 1. The summed E-state index contributed by atoms with van der Waals surface area (Å²) in [5.41, 5.74) is 5.16. The van der Waals surface area contributed by atoms with E-state index in [2.05, 4.69) is 12.2 Å². The molecule has 0 radical (unpaired) electrons. The molecule has 0 aromatic heterocycles. The lowest BCUT2D eigenvalue weighted by Gasteiger charge is -2.21. The van der Waals surface area contributed by atoms with E-state index in [-0.39, 0.29) is 11.5 Å². The standard InChI is InChI=1S/C7H13F3N2S/c1-2-3-12(4-6(11)13)5-7(8,9)10/h2-5H2,1H3,(H2,11,13). The Bertz CT molecular complexity index is 170. The van der Waals surface area contributed by atoms with Crippen molar-refractivity contribution < 1.29 is 13.2 Å². The highest BCUT2D eigenvalue weighted by molar-refractivity contribution is 7.80. The van der Waals surface area contributed by atoms with E-state index in [1.165, 1.54) is 4.90 Å². The number of nitrogens with zero attached hydrogens (tertiary/aromatic N) is 1. The Hall–Kier alpha value is -0.360. The van der Waals surface area contributed by atoms with Crippen molar-refractivity contribution in [3.8, 4) is 0 Å². The van der Waals surface area contributed by atoms with Crippen molar-refractivity contribution in [3.63, 3.8) is 0 Å². The summed E-state index contributed by atoms with van der Waals surface area (Å²) in [5, 5.41) is 0. The van der Waals surface area contributed by atoms with Crippen LogP contribution in [-0.2, 0) is 0 Å². The van der Waals surface area contributed by atoms with E-state index in [4.69, 9.17) is 5.73 Å². The zero-order valence-electron chi connectivity index (χ0n) is 7.40. The maximum Gasteiger partial charge on any atom is 0.401 e. The van der Waals surface area contributed by atoms with E-state index in [0.29, 0.717) is 13.0 Å². The molecule has 2 N–H and O–H groups in total. The number of alkyl halides is 3. The molecule has 0 unspecified atom stereocenters. The minimum absolute atomic E-state index is 0.0304. The average Bonchev–Trinajstić information content (AvgIpc) is 1.81. The smallest absolute Gasteiger partial charge is 0.392 e. The molecule has 0 aliphatic rings. The van der Waals surface area contributed by atoms with Gasteiger partial charge in [0.1, 0.15) is 0 Å². The van der Waals surface area contributed by atoms with Crippen LogP contribution < -0.4 is 5.73 Å². The second-order valence-corrected chi connectivity index (χ2v) is 3.32. The van der Waals surface area contributed by atoms with Gasteiger partial charge in [-0.3, -0.25) is 4.90 Å². The van der Waals surface area contributed by atoms with Crippen molar-refractivity contribution in [2.24, 2.45) is 5.73 Å². The molecule has 2 nitrogen and oxygen atoms in total. The van der Waals surface area contributed by atoms with Gasteiger partial charge >= 0.3 is 6.18 Å². The monoisotopic (exact) mass is 214 g/mol. The molecular formula is C7H13F3N2S. The van der Waals surface area contributed by atoms with Crippen LogP contribution in [0.3, 0.4) is 0 Å². The van der Waals surface area contributed by atoms with Crippen molar-refractivity contribution >= 4 is 17.2 Å². The molecule has 0 saturated carbocycles. The Kier molecular flexibility index (Phi) is 5.24. The zero-order chi connectivity index (χ0) is 10.5. The molecule has 0 aliphatic carbocycles. The van der Waals surface area contributed by atoms with Crippen LogP contribution in [0.25, 0.3) is 0 Å². The van der Waals surface area contributed by atoms with Crippen molar-refractivity contribution in [1.82, 2.24) is 4.90 Å². The van der Waals surface area contributed by atoms with E-state index in [0.717, 1.165) is 0 Å². The van der Waals surface area contributed by atoms with Crippen LogP contribution in [0, 0.1) is 0 Å². The highest BCUT2D eigenvalue weighted by Crippen LogP contribution is 2.16. The third-order valence-corrected chi connectivity index (χ3v) is 1.45. The molecule has 0 rings (SSSR count). The lowest BCUT2D eigenvalue weighted by atomic mass is 10.4. The molecule has 0 aromatic rings. The molecule has 0 saturated heterocycles. The normalized spacial score (nSPS) is 12.1. The first-order chi connectivity index (χ1) is 5.85. The van der Waals surface area contributed by atoms with E-state index < -0.39 is 12.7 Å². The first kappa shape index (κ1) is 12.6. The molecule has 6 heteroatoms. The Morgan fingerprint density at radius 3 is 2.31 bits per heavy atom. The Balaban J connectivity index is 4.01. The van der Waals surface area contributed by atoms with Gasteiger partial charge in [0.05, 0.1) is 11.5 Å². The summed E-state index contributed by atoms with van der Waals surface area (Å²) in [5.74, 6) is 0. The summed E-state index contributed by atoms with van der Waals surface area (Å²) < 4.78 is 35.9. The lowest BCUT2D eigenvalue weighted by Crippen LogP contribution is -2.39. The fourth-order valence-electron chi connectivity index (χ4n) is 1.00. The summed E-state index contributed by atoms with van der Waals surface area (Å²) in [6, 6.07) is 0. The van der Waals surface area contributed by atoms with Gasteiger partial charge in [-0.2, -0.15) is 13.2 Å². The predicted octanol–water partition coefficient (Wildman–Crippen LogP) is 1.55. The minimum atomic E-state index is -4.18. The summed E-state index contributed by atoms with van der Waals surface area (Å²) in [6.07, 6.45) is -3.53. The van der Waals surface area contributed by atoms with E-state index in [1.54, 1.807) is 0 Å². The van der Waals surface area contributed by atoms with Crippen LogP contribution in [0.2, 0.25) is 0 Å². The fraction of sp³-hybridized carbons (Fsp3) is 0.857. The van der Waals surface area contributed by atoms with Gasteiger partial charge in [-0.25, -0.2) is 0 Å². The van der Waals surface area contributed by atoms with Gasteiger partial charge in [0, 0.05) is 6.54 Å². The van der Waals surface area contributed by atoms with E-state index >= 15 is 0 Å². The van der Waals surface area contributed by atoms with Crippen LogP contribution >= 0.6 is 12.2 Å². The molecule has 13 heavy (non-hydrogen) atoms. The number of nitrogens with two attached hydrogens (primary N) is 1. The molecule has 0 spiro atoms. The third kappa shape index (κ3) is 7.98. The largest absolute Gasteiger partial charge is 0.401 e. The second-order valence-electron chi connectivity index (χ2n) is 2.79. The number of thiocarbonyl (C=S) groups is 1. The maximum atomic E-state index is 12.0. The van der Waals surface area contributed by atoms with Gasteiger partial charge in [-0.1, -0.05) is 19.1 Å². The molecular weight excluding hydrogens is 201 g/mol. The highest BCUT2D eigenvalue weighted by Gasteiger charge is 2.30. The Morgan fingerprint density at radius 2 is 2.00 bits per heavy atom. The summed E-state index contributed by atoms with van der Waals surface area (Å²) in [6.45, 7) is 1.25. The van der Waals surface area contributed by atoms with Crippen molar-refractivity contribution in [2.75, 3.05) is 19.6 Å². The van der Waals surface area contributed by atoms with Crippen LogP contribution in [0.4, 0.5) is 13.2 Å². The first-order valence-electron chi connectivity index (χ1n) is 3.92. The second kappa shape index (κ2) is 5.39. The Morgan fingerprint density at radius 1 is 1.46 bits per heavy atom. The van der Waals surface area contributed by atoms with Gasteiger partial charge in [0.2, 0.25) is 0 Å². The zero-order valence-corrected chi connectivity index (χ0v) is 8.21. The topological polar surface area (TPSA) is 29.3 Å². The molecule has 0 fully saturated rings. The van der Waals surface area contributed by atoms with Crippen molar-refractivity contribution in [2.45, 2.75) is 19.5 Å².